The number of ketones is 1. The molecule has 29 heavy (non-hydrogen) atoms. The molecule has 1 heterocycles. The maximum absolute atomic E-state index is 12.2. The third-order valence-electron chi connectivity index (χ3n) is 4.52. The number of ether oxygens (including phenoxy) is 4. The lowest BCUT2D eigenvalue weighted by Crippen LogP contribution is -2.59. The van der Waals surface area contributed by atoms with Gasteiger partial charge >= 0.3 is 11.9 Å². The summed E-state index contributed by atoms with van der Waals surface area (Å²) < 4.78 is 22.7. The van der Waals surface area contributed by atoms with Gasteiger partial charge in [-0.1, -0.05) is 29.5 Å². The number of carbonyl (C=O) groups is 3. The van der Waals surface area contributed by atoms with Crippen molar-refractivity contribution in [1.82, 2.24) is 0 Å². The lowest BCUT2D eigenvalue weighted by Gasteiger charge is -2.43. The summed E-state index contributed by atoms with van der Waals surface area (Å²) >= 11 is 1.42. The average molecular weight is 425 g/mol. The molecule has 1 aliphatic heterocycles. The van der Waals surface area contributed by atoms with Crippen molar-refractivity contribution >= 4 is 29.5 Å². The van der Waals surface area contributed by atoms with E-state index in [0.29, 0.717) is 0 Å². The minimum Gasteiger partial charge on any atom is -0.457 e. The molecule has 0 radical (unpaired) electrons. The number of carbonyl (C=O) groups excluding carboxylic acids is 3. The van der Waals surface area contributed by atoms with Gasteiger partial charge in [0.1, 0.15) is 17.3 Å². The van der Waals surface area contributed by atoms with Crippen LogP contribution in [0.4, 0.5) is 0 Å². The van der Waals surface area contributed by atoms with Gasteiger partial charge in [-0.15, -0.1) is 0 Å². The highest BCUT2D eigenvalue weighted by atomic mass is 32.2. The van der Waals surface area contributed by atoms with E-state index in [0.717, 1.165) is 10.5 Å². The van der Waals surface area contributed by atoms with Crippen LogP contribution < -0.4 is 0 Å². The first kappa shape index (κ1) is 23.4. The quantitative estimate of drug-likeness (QED) is 0.589. The standard InChI is InChI=1S/C21H28O7S/c1-12-6-9-16(10-7-12)29-21-20(27-15(4)23)19(25-5)18(14(3)26-21)28-17(24)11-8-13(2)22/h6-7,9-10,14,18-21H,8,11H2,1-5H3/t14-,18-,19+,20+,21-/m0/s1. The number of hydrogen-bond donors (Lipinski definition) is 0. The first-order valence-corrected chi connectivity index (χ1v) is 10.4. The van der Waals surface area contributed by atoms with Crippen molar-refractivity contribution in [2.75, 3.05) is 7.11 Å². The number of esters is 2. The molecule has 0 amide bonds. The molecule has 1 aromatic carbocycles. The molecule has 8 heteroatoms. The molecule has 7 nitrogen and oxygen atoms in total. The zero-order chi connectivity index (χ0) is 21.6. The van der Waals surface area contributed by atoms with Crippen molar-refractivity contribution in [3.63, 3.8) is 0 Å². The summed E-state index contributed by atoms with van der Waals surface area (Å²) in [7, 11) is 1.48. The average Bonchev–Trinajstić information content (AvgIpc) is 2.65. The number of aryl methyl sites for hydroxylation is 1. The third kappa shape index (κ3) is 6.83. The van der Waals surface area contributed by atoms with E-state index in [2.05, 4.69) is 0 Å². The van der Waals surface area contributed by atoms with E-state index in [1.54, 1.807) is 6.92 Å². The first-order valence-electron chi connectivity index (χ1n) is 9.49. The Hall–Kier alpha value is -1.90. The topological polar surface area (TPSA) is 88.1 Å². The SMILES string of the molecule is CO[C@@H]1[C@@H](OC(=O)CCC(C)=O)[C@H](C)O[C@@H](Sc2ccc(C)cc2)[C@@H]1OC(C)=O. The van der Waals surface area contributed by atoms with E-state index in [-0.39, 0.29) is 18.6 Å². The van der Waals surface area contributed by atoms with Crippen molar-refractivity contribution < 1.29 is 33.3 Å². The minimum atomic E-state index is -0.773. The van der Waals surface area contributed by atoms with Crippen LogP contribution in [0.1, 0.15) is 39.2 Å². The molecular weight excluding hydrogens is 396 g/mol. The number of Topliss-reactive ketones (excluding diaryl/α,β-unsaturated/α-hetero) is 1. The molecule has 0 spiro atoms. The van der Waals surface area contributed by atoms with Crippen LogP contribution in [0.15, 0.2) is 29.2 Å². The Bertz CT molecular complexity index is 718. The fourth-order valence-electron chi connectivity index (χ4n) is 3.06. The molecule has 0 aromatic heterocycles. The van der Waals surface area contributed by atoms with Gasteiger partial charge in [0.2, 0.25) is 0 Å². The normalized spacial score (nSPS) is 26.6. The fraction of sp³-hybridized carbons (Fsp3) is 0.571. The van der Waals surface area contributed by atoms with Gasteiger partial charge in [-0.25, -0.2) is 0 Å². The summed E-state index contributed by atoms with van der Waals surface area (Å²) in [5.74, 6) is -1.09. The number of thioether (sulfide) groups is 1. The predicted molar refractivity (Wildman–Crippen MR) is 108 cm³/mol. The molecule has 1 aliphatic rings. The van der Waals surface area contributed by atoms with Crippen molar-refractivity contribution in [3.05, 3.63) is 29.8 Å². The summed E-state index contributed by atoms with van der Waals surface area (Å²) in [5.41, 5.74) is 0.602. The Morgan fingerprint density at radius 2 is 1.66 bits per heavy atom. The predicted octanol–water partition coefficient (Wildman–Crippen LogP) is 3.06. The molecule has 5 atom stereocenters. The number of hydrogen-bond acceptors (Lipinski definition) is 8. The zero-order valence-electron chi connectivity index (χ0n) is 17.4. The second-order valence-corrected chi connectivity index (χ2v) is 8.24. The van der Waals surface area contributed by atoms with Gasteiger partial charge in [-0.05, 0) is 32.9 Å². The number of benzene rings is 1. The molecule has 2 rings (SSSR count). The van der Waals surface area contributed by atoms with Crippen LogP contribution in [0.2, 0.25) is 0 Å². The summed E-state index contributed by atoms with van der Waals surface area (Å²) in [5, 5.41) is 0. The van der Waals surface area contributed by atoms with Crippen molar-refractivity contribution in [1.29, 1.82) is 0 Å². The summed E-state index contributed by atoms with van der Waals surface area (Å²) in [6.07, 6.45) is -2.64. The van der Waals surface area contributed by atoms with Gasteiger partial charge in [0.15, 0.2) is 12.2 Å². The molecule has 0 unspecified atom stereocenters. The Morgan fingerprint density at radius 1 is 1.00 bits per heavy atom. The highest BCUT2D eigenvalue weighted by Gasteiger charge is 2.49. The summed E-state index contributed by atoms with van der Waals surface area (Å²) in [6, 6.07) is 7.91. The van der Waals surface area contributed by atoms with Crippen molar-refractivity contribution in [2.45, 2.75) is 75.3 Å². The summed E-state index contributed by atoms with van der Waals surface area (Å²) in [6.45, 7) is 6.51. The second-order valence-electron chi connectivity index (χ2n) is 7.07. The maximum Gasteiger partial charge on any atom is 0.306 e. The Balaban J connectivity index is 2.18. The lowest BCUT2D eigenvalue weighted by molar-refractivity contribution is -0.226. The second kappa shape index (κ2) is 10.8. The molecule has 1 fully saturated rings. The highest BCUT2D eigenvalue weighted by molar-refractivity contribution is 7.99. The van der Waals surface area contributed by atoms with E-state index in [9.17, 15) is 14.4 Å². The molecule has 160 valence electrons. The largest absolute Gasteiger partial charge is 0.457 e. The smallest absolute Gasteiger partial charge is 0.306 e. The molecule has 1 saturated heterocycles. The van der Waals surface area contributed by atoms with Crippen LogP contribution in [0.3, 0.4) is 0 Å². The lowest BCUT2D eigenvalue weighted by atomic mass is 10.00. The monoisotopic (exact) mass is 424 g/mol. The van der Waals surface area contributed by atoms with Gasteiger partial charge in [0, 0.05) is 25.3 Å². The Labute approximate surface area is 175 Å². The van der Waals surface area contributed by atoms with Crippen LogP contribution in [0, 0.1) is 6.92 Å². The molecule has 0 saturated carbocycles. The Kier molecular flexibility index (Phi) is 8.67. The van der Waals surface area contributed by atoms with Gasteiger partial charge in [-0.3, -0.25) is 9.59 Å². The molecular formula is C21H28O7S. The van der Waals surface area contributed by atoms with E-state index < -0.39 is 41.8 Å². The van der Waals surface area contributed by atoms with Crippen LogP contribution in [-0.2, 0) is 33.3 Å². The van der Waals surface area contributed by atoms with Crippen molar-refractivity contribution in [2.24, 2.45) is 0 Å². The van der Waals surface area contributed by atoms with Crippen LogP contribution >= 0.6 is 11.8 Å². The molecule has 0 N–H and O–H groups in total. The van der Waals surface area contributed by atoms with E-state index in [4.69, 9.17) is 18.9 Å². The highest BCUT2D eigenvalue weighted by Crippen LogP contribution is 2.37. The molecule has 1 aromatic rings. The summed E-state index contributed by atoms with van der Waals surface area (Å²) in [4.78, 5) is 35.9. The van der Waals surface area contributed by atoms with E-state index >= 15 is 0 Å². The van der Waals surface area contributed by atoms with Crippen LogP contribution in [-0.4, -0.2) is 54.7 Å². The van der Waals surface area contributed by atoms with E-state index in [1.807, 2.05) is 31.2 Å². The third-order valence-corrected chi connectivity index (χ3v) is 5.68. The van der Waals surface area contributed by atoms with Gasteiger partial charge in [0.25, 0.3) is 0 Å². The van der Waals surface area contributed by atoms with Gasteiger partial charge in [-0.2, -0.15) is 0 Å². The minimum absolute atomic E-state index is 0.0191. The Morgan fingerprint density at radius 3 is 2.21 bits per heavy atom. The van der Waals surface area contributed by atoms with Crippen LogP contribution in [0.5, 0.6) is 0 Å². The van der Waals surface area contributed by atoms with E-state index in [1.165, 1.54) is 32.7 Å². The molecule has 0 aliphatic carbocycles. The van der Waals surface area contributed by atoms with Gasteiger partial charge < -0.3 is 23.7 Å². The first-order chi connectivity index (χ1) is 13.7. The zero-order valence-corrected chi connectivity index (χ0v) is 18.2. The van der Waals surface area contributed by atoms with Crippen molar-refractivity contribution in [3.8, 4) is 0 Å². The number of methoxy groups -OCH3 is 1. The number of rotatable bonds is 8. The molecule has 0 bridgehead atoms. The van der Waals surface area contributed by atoms with Crippen LogP contribution in [0.25, 0.3) is 0 Å². The van der Waals surface area contributed by atoms with Gasteiger partial charge in [0.05, 0.1) is 12.5 Å². The maximum atomic E-state index is 12.2. The fourth-order valence-corrected chi connectivity index (χ4v) is 4.19.